The first-order valence-corrected chi connectivity index (χ1v) is 8.69. The van der Waals surface area contributed by atoms with Gasteiger partial charge in [-0.2, -0.15) is 5.10 Å². The van der Waals surface area contributed by atoms with Crippen molar-refractivity contribution in [2.75, 3.05) is 20.2 Å². The Morgan fingerprint density at radius 1 is 1.00 bits per heavy atom. The van der Waals surface area contributed by atoms with E-state index in [0.29, 0.717) is 19.7 Å². The summed E-state index contributed by atoms with van der Waals surface area (Å²) < 4.78 is 6.92. The Morgan fingerprint density at radius 2 is 1.67 bits per heavy atom. The summed E-state index contributed by atoms with van der Waals surface area (Å²) in [6.07, 6.45) is 0. The zero-order chi connectivity index (χ0) is 19.1. The average Bonchev–Trinajstić information content (AvgIpc) is 2.70. The number of amides is 1. The molecule has 1 aromatic heterocycles. The van der Waals surface area contributed by atoms with Crippen LogP contribution >= 0.6 is 0 Å². The van der Waals surface area contributed by atoms with Gasteiger partial charge in [-0.15, -0.1) is 0 Å². The lowest BCUT2D eigenvalue weighted by molar-refractivity contribution is 0.0765. The second-order valence-corrected chi connectivity index (χ2v) is 6.09. The topological polar surface area (TPSA) is 64.4 Å². The number of likely N-dealkylation sites (N-methyl/N-ethyl adjacent to an activating group) is 1. The summed E-state index contributed by atoms with van der Waals surface area (Å²) >= 11 is 0. The first-order chi connectivity index (χ1) is 13.1. The number of hydrogen-bond acceptors (Lipinski definition) is 4. The average molecular weight is 363 g/mol. The third-order valence-electron chi connectivity index (χ3n) is 4.05. The number of carbonyl (C=O) groups is 1. The second-order valence-electron chi connectivity index (χ2n) is 6.09. The monoisotopic (exact) mass is 363 g/mol. The Hall–Kier alpha value is -3.41. The van der Waals surface area contributed by atoms with Gasteiger partial charge in [-0.1, -0.05) is 48.5 Å². The molecule has 3 aromatic rings. The fourth-order valence-corrected chi connectivity index (χ4v) is 2.55. The van der Waals surface area contributed by atoms with E-state index in [-0.39, 0.29) is 17.2 Å². The Balaban J connectivity index is 1.63. The Labute approximate surface area is 157 Å². The van der Waals surface area contributed by atoms with Crippen molar-refractivity contribution in [3.63, 3.8) is 0 Å². The van der Waals surface area contributed by atoms with Crippen LogP contribution in [0.15, 0.2) is 77.6 Å². The summed E-state index contributed by atoms with van der Waals surface area (Å²) in [5, 5.41) is 4.23. The molecule has 3 rings (SSSR count). The zero-order valence-electron chi connectivity index (χ0n) is 15.1. The van der Waals surface area contributed by atoms with Crippen molar-refractivity contribution >= 4 is 5.91 Å². The van der Waals surface area contributed by atoms with Crippen molar-refractivity contribution < 1.29 is 9.53 Å². The highest BCUT2D eigenvalue weighted by atomic mass is 16.5. The summed E-state index contributed by atoms with van der Waals surface area (Å²) in [6, 6.07) is 21.8. The quantitative estimate of drug-likeness (QED) is 0.647. The number of hydrogen-bond donors (Lipinski definition) is 0. The molecule has 0 aliphatic heterocycles. The largest absolute Gasteiger partial charge is 0.492 e. The molecule has 0 saturated heterocycles. The van der Waals surface area contributed by atoms with Crippen LogP contribution in [-0.2, 0) is 6.54 Å². The number of ether oxygens (including phenoxy) is 1. The second kappa shape index (κ2) is 8.80. The highest BCUT2D eigenvalue weighted by molar-refractivity contribution is 5.91. The molecule has 0 unspecified atom stereocenters. The van der Waals surface area contributed by atoms with Gasteiger partial charge in [-0.05, 0) is 23.8 Å². The molecule has 2 aromatic carbocycles. The zero-order valence-corrected chi connectivity index (χ0v) is 15.1. The van der Waals surface area contributed by atoms with Crippen molar-refractivity contribution in [1.82, 2.24) is 14.7 Å². The van der Waals surface area contributed by atoms with E-state index in [2.05, 4.69) is 5.10 Å². The molecule has 27 heavy (non-hydrogen) atoms. The summed E-state index contributed by atoms with van der Waals surface area (Å²) in [5.74, 6) is 0.501. The number of nitrogens with zero attached hydrogens (tertiary/aromatic N) is 3. The van der Waals surface area contributed by atoms with Crippen molar-refractivity contribution in [3.05, 3.63) is 94.4 Å². The van der Waals surface area contributed by atoms with Crippen LogP contribution in [0.3, 0.4) is 0 Å². The minimum Gasteiger partial charge on any atom is -0.492 e. The molecule has 0 fully saturated rings. The summed E-state index contributed by atoms with van der Waals surface area (Å²) in [6.45, 7) is 1.10. The molecule has 6 nitrogen and oxygen atoms in total. The van der Waals surface area contributed by atoms with E-state index in [0.717, 1.165) is 11.3 Å². The van der Waals surface area contributed by atoms with Crippen molar-refractivity contribution in [3.8, 4) is 5.75 Å². The third-order valence-corrected chi connectivity index (χ3v) is 4.05. The lowest BCUT2D eigenvalue weighted by Gasteiger charge is -2.17. The van der Waals surface area contributed by atoms with E-state index in [1.807, 2.05) is 60.7 Å². The number of benzene rings is 2. The van der Waals surface area contributed by atoms with Gasteiger partial charge in [-0.25, -0.2) is 4.68 Å². The van der Waals surface area contributed by atoms with Crippen LogP contribution in [0.2, 0.25) is 0 Å². The Kier molecular flexibility index (Phi) is 5.99. The van der Waals surface area contributed by atoms with Gasteiger partial charge in [0.25, 0.3) is 11.5 Å². The van der Waals surface area contributed by atoms with Gasteiger partial charge in [0.1, 0.15) is 18.1 Å². The van der Waals surface area contributed by atoms with Crippen LogP contribution in [0.1, 0.15) is 16.1 Å². The van der Waals surface area contributed by atoms with Gasteiger partial charge >= 0.3 is 0 Å². The first kappa shape index (κ1) is 18.4. The van der Waals surface area contributed by atoms with Crippen LogP contribution in [0.4, 0.5) is 0 Å². The molecular formula is C21H21N3O3. The minimum atomic E-state index is -0.256. The van der Waals surface area contributed by atoms with Crippen molar-refractivity contribution in [2.24, 2.45) is 0 Å². The molecule has 0 spiro atoms. The molecule has 1 amide bonds. The summed E-state index contributed by atoms with van der Waals surface area (Å²) in [5.41, 5.74) is 0.930. The van der Waals surface area contributed by atoms with Gasteiger partial charge in [-0.3, -0.25) is 9.59 Å². The molecule has 0 bridgehead atoms. The van der Waals surface area contributed by atoms with Gasteiger partial charge in [0.2, 0.25) is 0 Å². The summed E-state index contributed by atoms with van der Waals surface area (Å²) in [7, 11) is 1.69. The summed E-state index contributed by atoms with van der Waals surface area (Å²) in [4.78, 5) is 26.2. The molecule has 0 aliphatic carbocycles. The van der Waals surface area contributed by atoms with E-state index >= 15 is 0 Å². The van der Waals surface area contributed by atoms with E-state index < -0.39 is 0 Å². The molecule has 6 heteroatoms. The smallest absolute Gasteiger partial charge is 0.274 e. The van der Waals surface area contributed by atoms with E-state index in [1.165, 1.54) is 21.7 Å². The number of rotatable bonds is 7. The molecule has 0 radical (unpaired) electrons. The predicted molar refractivity (Wildman–Crippen MR) is 103 cm³/mol. The van der Waals surface area contributed by atoms with Crippen LogP contribution in [0.25, 0.3) is 0 Å². The SMILES string of the molecule is CN(CCOc1ccccc1)C(=O)c1ccc(=O)n(Cc2ccccc2)n1. The van der Waals surface area contributed by atoms with Crippen molar-refractivity contribution in [2.45, 2.75) is 6.54 Å². The fourth-order valence-electron chi connectivity index (χ4n) is 2.55. The van der Waals surface area contributed by atoms with Crippen LogP contribution in [0.5, 0.6) is 5.75 Å². The maximum absolute atomic E-state index is 12.6. The van der Waals surface area contributed by atoms with Crippen LogP contribution < -0.4 is 10.3 Å². The Bertz CT molecular complexity index is 940. The molecule has 1 heterocycles. The standard InChI is InChI=1S/C21H21N3O3/c1-23(14-15-27-18-10-6-3-7-11-18)21(26)19-12-13-20(25)24(22-19)16-17-8-4-2-5-9-17/h2-13H,14-16H2,1H3. The highest BCUT2D eigenvalue weighted by Crippen LogP contribution is 2.08. The van der Waals surface area contributed by atoms with E-state index in [4.69, 9.17) is 4.74 Å². The van der Waals surface area contributed by atoms with Crippen LogP contribution in [0, 0.1) is 0 Å². The van der Waals surface area contributed by atoms with Gasteiger partial charge in [0, 0.05) is 13.1 Å². The third kappa shape index (κ3) is 5.04. The Morgan fingerprint density at radius 3 is 2.37 bits per heavy atom. The lowest BCUT2D eigenvalue weighted by Crippen LogP contribution is -2.33. The number of aromatic nitrogens is 2. The predicted octanol–water partition coefficient (Wildman–Crippen LogP) is 2.44. The molecular weight excluding hydrogens is 342 g/mol. The van der Waals surface area contributed by atoms with Crippen LogP contribution in [-0.4, -0.2) is 40.8 Å². The van der Waals surface area contributed by atoms with Gasteiger partial charge < -0.3 is 9.64 Å². The normalized spacial score (nSPS) is 10.4. The molecule has 0 N–H and O–H groups in total. The maximum atomic E-state index is 12.6. The van der Waals surface area contributed by atoms with Gasteiger partial charge in [0.15, 0.2) is 0 Å². The molecule has 0 atom stereocenters. The number of para-hydroxylation sites is 1. The van der Waals surface area contributed by atoms with E-state index in [1.54, 1.807) is 7.05 Å². The number of carbonyl (C=O) groups excluding carboxylic acids is 1. The lowest BCUT2D eigenvalue weighted by atomic mass is 10.2. The first-order valence-electron chi connectivity index (χ1n) is 8.69. The molecule has 138 valence electrons. The highest BCUT2D eigenvalue weighted by Gasteiger charge is 2.15. The van der Waals surface area contributed by atoms with Crippen molar-refractivity contribution in [1.29, 1.82) is 0 Å². The fraction of sp³-hybridized carbons (Fsp3) is 0.190. The molecule has 0 saturated carbocycles. The van der Waals surface area contributed by atoms with E-state index in [9.17, 15) is 9.59 Å². The van der Waals surface area contributed by atoms with Gasteiger partial charge in [0.05, 0.1) is 13.1 Å². The molecule has 0 aliphatic rings. The maximum Gasteiger partial charge on any atom is 0.274 e. The minimum absolute atomic E-state index is 0.229.